The van der Waals surface area contributed by atoms with E-state index < -0.39 is 0 Å². The van der Waals surface area contributed by atoms with E-state index >= 15 is 0 Å². The molecule has 0 unspecified atom stereocenters. The molecule has 0 aromatic rings. The molecule has 0 aliphatic heterocycles. The van der Waals surface area contributed by atoms with E-state index in [1.54, 1.807) is 0 Å². The van der Waals surface area contributed by atoms with Gasteiger partial charge in [-0.1, -0.05) is 13.8 Å². The van der Waals surface area contributed by atoms with Crippen LogP contribution in [0.25, 0.3) is 0 Å². The maximum absolute atomic E-state index is 13.0. The maximum atomic E-state index is 13.0. The van der Waals surface area contributed by atoms with E-state index in [4.69, 9.17) is 0 Å². The first-order valence-corrected chi connectivity index (χ1v) is 8.94. The summed E-state index contributed by atoms with van der Waals surface area (Å²) < 4.78 is 0. The van der Waals surface area contributed by atoms with Crippen LogP contribution in [0.2, 0.25) is 0 Å². The van der Waals surface area contributed by atoms with Crippen LogP contribution in [-0.4, -0.2) is 17.3 Å². The number of hydrogen-bond donors (Lipinski definition) is 0. The third-order valence-electron chi connectivity index (χ3n) is 7.88. The minimum atomic E-state index is -0.383. The summed E-state index contributed by atoms with van der Waals surface area (Å²) in [5, 5.41) is 0. The Morgan fingerprint density at radius 2 is 1.77 bits per heavy atom. The molecule has 0 N–H and O–H groups in total. The highest BCUT2D eigenvalue weighted by molar-refractivity contribution is 5.95. The Labute approximate surface area is 132 Å². The van der Waals surface area contributed by atoms with Crippen molar-refractivity contribution in [3.05, 3.63) is 0 Å². The summed E-state index contributed by atoms with van der Waals surface area (Å²) in [6.07, 6.45) is 6.39. The van der Waals surface area contributed by atoms with Crippen molar-refractivity contribution in [3.63, 3.8) is 0 Å². The molecule has 4 rings (SSSR count). The Bertz CT molecular complexity index is 565. The molecule has 4 aliphatic carbocycles. The molecule has 120 valence electrons. The number of hydrogen-bond acceptors (Lipinski definition) is 3. The standard InChI is InChI=1S/C19H26O3/c1-18-8-7-12(20)9-11(18)3-4-13-14-5-6-16(22)19(14,2)10-15(21)17(13)18/h11,13-14,17H,3-10H2,1-2H3/t11-,13+,14+,17-,18+,19+/m1/s1. The summed E-state index contributed by atoms with van der Waals surface area (Å²) in [6.45, 7) is 4.30. The van der Waals surface area contributed by atoms with Crippen molar-refractivity contribution in [2.24, 2.45) is 34.5 Å². The molecule has 4 aliphatic rings. The summed E-state index contributed by atoms with van der Waals surface area (Å²) in [5.74, 6) is 2.29. The molecule has 22 heavy (non-hydrogen) atoms. The maximum Gasteiger partial charge on any atom is 0.139 e. The van der Waals surface area contributed by atoms with E-state index in [0.29, 0.717) is 60.8 Å². The second-order valence-electron chi connectivity index (χ2n) is 8.79. The zero-order valence-corrected chi connectivity index (χ0v) is 13.7. The Balaban J connectivity index is 1.72. The zero-order valence-electron chi connectivity index (χ0n) is 13.7. The molecule has 4 saturated carbocycles. The Hall–Kier alpha value is -0.990. The van der Waals surface area contributed by atoms with Gasteiger partial charge in [0.15, 0.2) is 0 Å². The highest BCUT2D eigenvalue weighted by atomic mass is 16.1. The summed E-state index contributed by atoms with van der Waals surface area (Å²) in [7, 11) is 0. The number of rotatable bonds is 0. The minimum absolute atomic E-state index is 0.000871. The van der Waals surface area contributed by atoms with Crippen molar-refractivity contribution in [2.45, 2.75) is 65.2 Å². The molecule has 0 spiro atoms. The lowest BCUT2D eigenvalue weighted by molar-refractivity contribution is -0.161. The highest BCUT2D eigenvalue weighted by Gasteiger charge is 2.63. The topological polar surface area (TPSA) is 51.2 Å². The van der Waals surface area contributed by atoms with E-state index in [1.165, 1.54) is 0 Å². The summed E-state index contributed by atoms with van der Waals surface area (Å²) >= 11 is 0. The molecule has 3 nitrogen and oxygen atoms in total. The molecule has 3 heteroatoms. The van der Waals surface area contributed by atoms with Crippen LogP contribution in [0.1, 0.15) is 65.2 Å². The second kappa shape index (κ2) is 4.52. The van der Waals surface area contributed by atoms with Gasteiger partial charge in [0.05, 0.1) is 0 Å². The molecular weight excluding hydrogens is 276 g/mol. The fraction of sp³-hybridized carbons (Fsp3) is 0.842. The smallest absolute Gasteiger partial charge is 0.139 e. The van der Waals surface area contributed by atoms with Gasteiger partial charge in [0.25, 0.3) is 0 Å². The van der Waals surface area contributed by atoms with E-state index in [1.807, 2.05) is 6.92 Å². The van der Waals surface area contributed by atoms with Gasteiger partial charge in [-0.2, -0.15) is 0 Å². The Morgan fingerprint density at radius 3 is 2.55 bits per heavy atom. The van der Waals surface area contributed by atoms with Crippen LogP contribution in [0.4, 0.5) is 0 Å². The first kappa shape index (κ1) is 14.6. The van der Waals surface area contributed by atoms with Crippen LogP contribution in [0.5, 0.6) is 0 Å². The second-order valence-corrected chi connectivity index (χ2v) is 8.79. The third-order valence-corrected chi connectivity index (χ3v) is 7.88. The molecule has 4 fully saturated rings. The van der Waals surface area contributed by atoms with Crippen LogP contribution < -0.4 is 0 Å². The van der Waals surface area contributed by atoms with Gasteiger partial charge in [-0.15, -0.1) is 0 Å². The van der Waals surface area contributed by atoms with Gasteiger partial charge in [-0.05, 0) is 48.9 Å². The van der Waals surface area contributed by atoms with Crippen molar-refractivity contribution in [2.75, 3.05) is 0 Å². The largest absolute Gasteiger partial charge is 0.300 e. The molecule has 0 saturated heterocycles. The SMILES string of the molecule is C[C@]12CCC(=O)C[C@H]1CC[C@@H]1[C@@H]2C(=O)C[C@]2(C)C(=O)CC[C@@H]12. The number of Topliss-reactive ketones (excluding diaryl/α,β-unsaturated/α-hetero) is 3. The quantitative estimate of drug-likeness (QED) is 0.689. The van der Waals surface area contributed by atoms with Gasteiger partial charge < -0.3 is 0 Å². The summed E-state index contributed by atoms with van der Waals surface area (Å²) in [5.41, 5.74) is -0.382. The average Bonchev–Trinajstić information content (AvgIpc) is 2.75. The van der Waals surface area contributed by atoms with Crippen LogP contribution in [-0.2, 0) is 14.4 Å². The highest BCUT2D eigenvalue weighted by Crippen LogP contribution is 2.64. The van der Waals surface area contributed by atoms with E-state index in [2.05, 4.69) is 6.92 Å². The molecule has 0 aromatic carbocycles. The van der Waals surface area contributed by atoms with E-state index in [9.17, 15) is 14.4 Å². The first-order chi connectivity index (χ1) is 10.4. The molecule has 6 atom stereocenters. The normalized spacial score (nSPS) is 51.3. The van der Waals surface area contributed by atoms with Crippen LogP contribution in [0.3, 0.4) is 0 Å². The first-order valence-electron chi connectivity index (χ1n) is 8.94. The minimum Gasteiger partial charge on any atom is -0.300 e. The van der Waals surface area contributed by atoms with Gasteiger partial charge in [-0.25, -0.2) is 0 Å². The lowest BCUT2D eigenvalue weighted by atomic mass is 9.45. The lowest BCUT2D eigenvalue weighted by Crippen LogP contribution is -2.57. The lowest BCUT2D eigenvalue weighted by Gasteiger charge is -2.58. The number of carbonyl (C=O) groups excluding carboxylic acids is 3. The van der Waals surface area contributed by atoms with Gasteiger partial charge in [-0.3, -0.25) is 14.4 Å². The Morgan fingerprint density at radius 1 is 1.00 bits per heavy atom. The average molecular weight is 302 g/mol. The molecule has 0 aromatic heterocycles. The van der Waals surface area contributed by atoms with Gasteiger partial charge >= 0.3 is 0 Å². The van der Waals surface area contributed by atoms with Gasteiger partial charge in [0.1, 0.15) is 17.3 Å². The molecule has 0 amide bonds. The predicted molar refractivity (Wildman–Crippen MR) is 82.1 cm³/mol. The summed E-state index contributed by atoms with van der Waals surface area (Å²) in [6, 6.07) is 0. The van der Waals surface area contributed by atoms with Crippen molar-refractivity contribution in [1.82, 2.24) is 0 Å². The van der Waals surface area contributed by atoms with Crippen molar-refractivity contribution in [3.8, 4) is 0 Å². The zero-order chi connectivity index (χ0) is 15.7. The fourth-order valence-corrected chi connectivity index (χ4v) is 6.64. The molecule has 0 radical (unpaired) electrons. The van der Waals surface area contributed by atoms with Crippen molar-refractivity contribution in [1.29, 1.82) is 0 Å². The van der Waals surface area contributed by atoms with Crippen LogP contribution >= 0.6 is 0 Å². The van der Waals surface area contributed by atoms with Crippen molar-refractivity contribution >= 4 is 17.3 Å². The summed E-state index contributed by atoms with van der Waals surface area (Å²) in [4.78, 5) is 37.2. The number of fused-ring (bicyclic) bond motifs is 5. The van der Waals surface area contributed by atoms with Crippen molar-refractivity contribution < 1.29 is 14.4 Å². The van der Waals surface area contributed by atoms with Crippen LogP contribution in [0, 0.1) is 34.5 Å². The van der Waals surface area contributed by atoms with Gasteiger partial charge in [0, 0.05) is 37.0 Å². The molecule has 0 heterocycles. The number of carbonyl (C=O) groups is 3. The number of ketones is 3. The predicted octanol–water partition coefficient (Wildman–Crippen LogP) is 3.35. The monoisotopic (exact) mass is 302 g/mol. The Kier molecular flexibility index (Phi) is 3.00. The van der Waals surface area contributed by atoms with Crippen LogP contribution in [0.15, 0.2) is 0 Å². The fourth-order valence-electron chi connectivity index (χ4n) is 6.64. The van der Waals surface area contributed by atoms with E-state index in [0.717, 1.165) is 25.7 Å². The molecule has 0 bridgehead atoms. The third kappa shape index (κ3) is 1.71. The van der Waals surface area contributed by atoms with Gasteiger partial charge in [0.2, 0.25) is 0 Å². The van der Waals surface area contributed by atoms with E-state index in [-0.39, 0.29) is 16.7 Å². The molecular formula is C19H26O3.